The molecule has 50 valence electrons. The Morgan fingerprint density at radius 1 is 1.50 bits per heavy atom. The third kappa shape index (κ3) is 1.22. The molecule has 10 heavy (non-hydrogen) atoms. The third-order valence-corrected chi connectivity index (χ3v) is 0.899. The Labute approximate surface area is 57.7 Å². The molecule has 0 saturated heterocycles. The number of hydrogen-bond donors (Lipinski definition) is 0. The Hall–Kier alpha value is -1.58. The van der Waals surface area contributed by atoms with Gasteiger partial charge in [0, 0.05) is 0 Å². The predicted molar refractivity (Wildman–Crippen MR) is 34.4 cm³/mol. The van der Waals surface area contributed by atoms with Gasteiger partial charge in [-0.1, -0.05) is 6.58 Å². The van der Waals surface area contributed by atoms with E-state index < -0.39 is 0 Å². The highest BCUT2D eigenvalue weighted by molar-refractivity contribution is 6.00. The van der Waals surface area contributed by atoms with Crippen molar-refractivity contribution < 1.29 is 4.79 Å². The van der Waals surface area contributed by atoms with Crippen LogP contribution in [0.5, 0.6) is 0 Å². The maximum absolute atomic E-state index is 10.7. The summed E-state index contributed by atoms with van der Waals surface area (Å²) >= 11 is 0. The number of aromatic nitrogens is 3. The Morgan fingerprint density at radius 2 is 2.10 bits per heavy atom. The lowest BCUT2D eigenvalue weighted by Gasteiger charge is -1.88. The predicted octanol–water partition coefficient (Wildman–Crippen LogP) is 0.240. The highest BCUT2D eigenvalue weighted by Gasteiger charge is 2.00. The molecule has 0 aliphatic rings. The van der Waals surface area contributed by atoms with E-state index in [1.165, 1.54) is 12.7 Å². The smallest absolute Gasteiger partial charge is 0.222 e. The van der Waals surface area contributed by atoms with E-state index in [0.717, 1.165) is 6.08 Å². The molecule has 0 saturated carbocycles. The molecule has 0 spiro atoms. The average molecular weight is 135 g/mol. The number of ketones is 1. The molecule has 1 aromatic heterocycles. The van der Waals surface area contributed by atoms with E-state index in [0.29, 0.717) is 0 Å². The molecule has 0 bridgehead atoms. The van der Waals surface area contributed by atoms with E-state index >= 15 is 0 Å². The van der Waals surface area contributed by atoms with E-state index in [4.69, 9.17) is 0 Å². The number of hydrogen-bond acceptors (Lipinski definition) is 4. The topological polar surface area (TPSA) is 55.7 Å². The first-order valence-corrected chi connectivity index (χ1v) is 2.63. The molecule has 0 radical (unpaired) electrons. The average Bonchev–Trinajstić information content (AvgIpc) is 2.05. The lowest BCUT2D eigenvalue weighted by molar-refractivity contribution is 0.103. The van der Waals surface area contributed by atoms with Crippen molar-refractivity contribution in [1.82, 2.24) is 15.0 Å². The minimum Gasteiger partial charge on any atom is -0.286 e. The molecule has 0 atom stereocenters. The first-order chi connectivity index (χ1) is 4.84. The monoisotopic (exact) mass is 135 g/mol. The van der Waals surface area contributed by atoms with Crippen LogP contribution in [0, 0.1) is 0 Å². The van der Waals surface area contributed by atoms with E-state index in [-0.39, 0.29) is 11.6 Å². The lowest BCUT2D eigenvalue weighted by atomic mass is 10.4. The summed E-state index contributed by atoms with van der Waals surface area (Å²) in [6.45, 7) is 3.29. The molecule has 0 N–H and O–H groups in total. The molecule has 0 amide bonds. The Balaban J connectivity index is 2.95. The van der Waals surface area contributed by atoms with Gasteiger partial charge in [-0.25, -0.2) is 15.0 Å². The van der Waals surface area contributed by atoms with Gasteiger partial charge in [-0.3, -0.25) is 4.79 Å². The van der Waals surface area contributed by atoms with Crippen molar-refractivity contribution in [3.63, 3.8) is 0 Å². The maximum atomic E-state index is 10.7. The molecule has 1 rings (SSSR count). The summed E-state index contributed by atoms with van der Waals surface area (Å²) in [4.78, 5) is 21.5. The second kappa shape index (κ2) is 2.82. The highest BCUT2D eigenvalue weighted by Crippen LogP contribution is 1.86. The first kappa shape index (κ1) is 6.54. The van der Waals surface area contributed by atoms with Crippen LogP contribution in [-0.4, -0.2) is 20.7 Å². The molecule has 0 fully saturated rings. The maximum Gasteiger partial charge on any atom is 0.222 e. The summed E-state index contributed by atoms with van der Waals surface area (Å²) in [5.74, 6) is -0.160. The fraction of sp³-hybridized carbons (Fsp3) is 0. The highest BCUT2D eigenvalue weighted by atomic mass is 16.1. The largest absolute Gasteiger partial charge is 0.286 e. The van der Waals surface area contributed by atoms with Crippen LogP contribution in [-0.2, 0) is 0 Å². The Kier molecular flexibility index (Phi) is 1.84. The molecule has 1 heterocycles. The van der Waals surface area contributed by atoms with E-state index in [1.807, 2.05) is 0 Å². The molecule has 4 heteroatoms. The zero-order chi connectivity index (χ0) is 7.40. The van der Waals surface area contributed by atoms with Crippen LogP contribution < -0.4 is 0 Å². The fourth-order valence-electron chi connectivity index (χ4n) is 0.458. The standard InChI is InChI=1S/C6H5N3O/c1-2-5(10)6-8-3-7-4-9-6/h2-4H,1H2. The Morgan fingerprint density at radius 3 is 2.60 bits per heavy atom. The normalized spacial score (nSPS) is 8.80. The van der Waals surface area contributed by atoms with Crippen LogP contribution in [0.3, 0.4) is 0 Å². The molecule has 4 nitrogen and oxygen atoms in total. The summed E-state index contributed by atoms with van der Waals surface area (Å²) in [5, 5.41) is 0. The van der Waals surface area contributed by atoms with Crippen LogP contribution in [0.4, 0.5) is 0 Å². The second-order valence-electron chi connectivity index (χ2n) is 1.53. The molecule has 1 aromatic rings. The summed E-state index contributed by atoms with van der Waals surface area (Å²) in [6.07, 6.45) is 3.70. The van der Waals surface area contributed by atoms with Crippen molar-refractivity contribution in [3.05, 3.63) is 31.1 Å². The molecular weight excluding hydrogens is 130 g/mol. The molecule has 0 aliphatic heterocycles. The molecular formula is C6H5N3O. The quantitative estimate of drug-likeness (QED) is 0.430. The molecule has 0 unspecified atom stereocenters. The van der Waals surface area contributed by atoms with Crippen molar-refractivity contribution in [2.24, 2.45) is 0 Å². The molecule has 0 aliphatic carbocycles. The lowest BCUT2D eigenvalue weighted by Crippen LogP contribution is -2.00. The number of rotatable bonds is 2. The Bertz CT molecular complexity index is 244. The summed E-state index contributed by atoms with van der Waals surface area (Å²) in [6, 6.07) is 0. The van der Waals surface area contributed by atoms with Gasteiger partial charge in [-0.2, -0.15) is 0 Å². The van der Waals surface area contributed by atoms with Gasteiger partial charge in [0.15, 0.2) is 0 Å². The van der Waals surface area contributed by atoms with Crippen LogP contribution in [0.1, 0.15) is 10.6 Å². The van der Waals surface area contributed by atoms with E-state index in [9.17, 15) is 4.79 Å². The van der Waals surface area contributed by atoms with Gasteiger partial charge in [0.1, 0.15) is 12.7 Å². The van der Waals surface area contributed by atoms with Gasteiger partial charge in [0.05, 0.1) is 0 Å². The zero-order valence-electron chi connectivity index (χ0n) is 5.19. The summed E-state index contributed by atoms with van der Waals surface area (Å²) < 4.78 is 0. The summed E-state index contributed by atoms with van der Waals surface area (Å²) in [5.41, 5.74) is 0. The minimum absolute atomic E-state index is 0.130. The first-order valence-electron chi connectivity index (χ1n) is 2.63. The van der Waals surface area contributed by atoms with Gasteiger partial charge < -0.3 is 0 Å². The van der Waals surface area contributed by atoms with Crippen LogP contribution in [0.25, 0.3) is 0 Å². The second-order valence-corrected chi connectivity index (χ2v) is 1.53. The number of carbonyl (C=O) groups excluding carboxylic acids is 1. The minimum atomic E-state index is -0.289. The SMILES string of the molecule is C=CC(=O)c1ncncn1. The van der Waals surface area contributed by atoms with E-state index in [1.54, 1.807) is 0 Å². The van der Waals surface area contributed by atoms with Gasteiger partial charge in [-0.05, 0) is 6.08 Å². The van der Waals surface area contributed by atoms with Gasteiger partial charge in [0.2, 0.25) is 11.6 Å². The van der Waals surface area contributed by atoms with Crippen LogP contribution in [0.2, 0.25) is 0 Å². The van der Waals surface area contributed by atoms with Crippen molar-refractivity contribution in [1.29, 1.82) is 0 Å². The number of allylic oxidation sites excluding steroid dienone is 1. The summed E-state index contributed by atoms with van der Waals surface area (Å²) in [7, 11) is 0. The van der Waals surface area contributed by atoms with Crippen LogP contribution >= 0.6 is 0 Å². The van der Waals surface area contributed by atoms with Crippen molar-refractivity contribution in [2.75, 3.05) is 0 Å². The number of carbonyl (C=O) groups is 1. The third-order valence-electron chi connectivity index (χ3n) is 0.899. The van der Waals surface area contributed by atoms with Gasteiger partial charge in [-0.15, -0.1) is 0 Å². The van der Waals surface area contributed by atoms with Gasteiger partial charge in [0.25, 0.3) is 0 Å². The fourth-order valence-corrected chi connectivity index (χ4v) is 0.458. The zero-order valence-corrected chi connectivity index (χ0v) is 5.19. The molecule has 0 aromatic carbocycles. The van der Waals surface area contributed by atoms with Crippen molar-refractivity contribution in [2.45, 2.75) is 0 Å². The number of nitrogens with zero attached hydrogens (tertiary/aromatic N) is 3. The van der Waals surface area contributed by atoms with Crippen LogP contribution in [0.15, 0.2) is 25.3 Å². The van der Waals surface area contributed by atoms with E-state index in [2.05, 4.69) is 21.5 Å². The van der Waals surface area contributed by atoms with Gasteiger partial charge >= 0.3 is 0 Å². The van der Waals surface area contributed by atoms with Crippen molar-refractivity contribution >= 4 is 5.78 Å². The van der Waals surface area contributed by atoms with Crippen molar-refractivity contribution in [3.8, 4) is 0 Å².